The van der Waals surface area contributed by atoms with Gasteiger partial charge in [-0.3, -0.25) is 4.79 Å². The van der Waals surface area contributed by atoms with E-state index in [-0.39, 0.29) is 11.3 Å². The predicted octanol–water partition coefficient (Wildman–Crippen LogP) is 7.46. The Kier molecular flexibility index (Phi) is 7.30. The first kappa shape index (κ1) is 22.6. The average molecular weight is 430 g/mol. The number of unbranched alkanes of at least 4 members (excludes halogenated alkanes) is 1. The minimum atomic E-state index is -0.284. The van der Waals surface area contributed by atoms with E-state index < -0.39 is 0 Å². The smallest absolute Gasteiger partial charge is 0.133 e. The van der Waals surface area contributed by atoms with E-state index in [0.717, 1.165) is 63.7 Å². The van der Waals surface area contributed by atoms with Crippen molar-refractivity contribution in [2.45, 2.75) is 77.0 Å². The molecule has 0 heterocycles. The predicted molar refractivity (Wildman–Crippen MR) is 129 cm³/mol. The standard InChI is InChI=1S/C29H35NO2/c1-2-3-19-32-28-13-11-24(12-14-28)22-7-9-23(10-8-22)25-15-17-29(21-30,18-16-25)26-5-4-6-27(31)20-26/h7-14,25-26H,2-6,15-20H2,1H3. The van der Waals surface area contributed by atoms with Gasteiger partial charge in [0.15, 0.2) is 0 Å². The van der Waals surface area contributed by atoms with Crippen LogP contribution in [-0.2, 0) is 4.79 Å². The highest BCUT2D eigenvalue weighted by atomic mass is 16.5. The number of hydrogen-bond donors (Lipinski definition) is 0. The number of carbonyl (C=O) groups is 1. The molecule has 168 valence electrons. The molecule has 2 aliphatic carbocycles. The third-order valence-electron chi connectivity index (χ3n) is 7.70. The summed E-state index contributed by atoms with van der Waals surface area (Å²) in [7, 11) is 0. The first-order chi connectivity index (χ1) is 15.6. The van der Waals surface area contributed by atoms with E-state index in [1.54, 1.807) is 0 Å². The molecule has 2 aliphatic rings. The normalized spacial score (nSPS) is 25.8. The van der Waals surface area contributed by atoms with Crippen LogP contribution in [0.2, 0.25) is 0 Å². The Labute approximate surface area is 192 Å². The number of Topliss-reactive ketones (excluding diaryl/α,β-unsaturated/α-hetero) is 1. The SMILES string of the molecule is CCCCOc1ccc(-c2ccc(C3CCC(C#N)(C4CCCC(=O)C4)CC3)cc2)cc1. The Morgan fingerprint density at radius 1 is 1.00 bits per heavy atom. The molecule has 0 amide bonds. The van der Waals surface area contributed by atoms with Crippen LogP contribution >= 0.6 is 0 Å². The van der Waals surface area contributed by atoms with Crippen LogP contribution in [0.1, 0.15) is 82.6 Å². The van der Waals surface area contributed by atoms with Crippen LogP contribution in [0.4, 0.5) is 0 Å². The molecule has 0 N–H and O–H groups in total. The number of ketones is 1. The summed E-state index contributed by atoms with van der Waals surface area (Å²) in [5.74, 6) is 2.07. The lowest BCUT2D eigenvalue weighted by molar-refractivity contribution is -0.123. The van der Waals surface area contributed by atoms with Gasteiger partial charge in [0.05, 0.1) is 18.1 Å². The maximum absolute atomic E-state index is 12.0. The van der Waals surface area contributed by atoms with Crippen molar-refractivity contribution in [2.75, 3.05) is 6.61 Å². The zero-order chi connectivity index (χ0) is 22.4. The Morgan fingerprint density at radius 3 is 2.25 bits per heavy atom. The molecule has 3 heteroatoms. The van der Waals surface area contributed by atoms with Gasteiger partial charge in [-0.25, -0.2) is 0 Å². The molecule has 0 radical (unpaired) electrons. The highest BCUT2D eigenvalue weighted by molar-refractivity contribution is 5.79. The van der Waals surface area contributed by atoms with E-state index in [9.17, 15) is 10.1 Å². The van der Waals surface area contributed by atoms with Crippen molar-refractivity contribution in [1.29, 1.82) is 5.26 Å². The van der Waals surface area contributed by atoms with E-state index >= 15 is 0 Å². The number of nitrogens with zero attached hydrogens (tertiary/aromatic N) is 1. The summed E-state index contributed by atoms with van der Waals surface area (Å²) in [4.78, 5) is 12.0. The molecule has 0 spiro atoms. The van der Waals surface area contributed by atoms with Gasteiger partial charge in [-0.2, -0.15) is 5.26 Å². The zero-order valence-electron chi connectivity index (χ0n) is 19.3. The van der Waals surface area contributed by atoms with E-state index in [4.69, 9.17) is 4.74 Å². The monoisotopic (exact) mass is 429 g/mol. The minimum Gasteiger partial charge on any atom is -0.494 e. The summed E-state index contributed by atoms with van der Waals surface area (Å²) in [6.45, 7) is 2.94. The van der Waals surface area contributed by atoms with Gasteiger partial charge in [0.25, 0.3) is 0 Å². The molecule has 0 aliphatic heterocycles. The largest absolute Gasteiger partial charge is 0.494 e. The molecule has 1 unspecified atom stereocenters. The lowest BCUT2D eigenvalue weighted by Gasteiger charge is -2.42. The first-order valence-corrected chi connectivity index (χ1v) is 12.4. The van der Waals surface area contributed by atoms with Crippen molar-refractivity contribution >= 4 is 5.78 Å². The molecule has 4 rings (SSSR count). The van der Waals surface area contributed by atoms with Crippen molar-refractivity contribution in [2.24, 2.45) is 11.3 Å². The fourth-order valence-corrected chi connectivity index (χ4v) is 5.60. The molecular weight excluding hydrogens is 394 g/mol. The zero-order valence-corrected chi connectivity index (χ0v) is 19.3. The van der Waals surface area contributed by atoms with Gasteiger partial charge in [-0.15, -0.1) is 0 Å². The summed E-state index contributed by atoms with van der Waals surface area (Å²) in [6, 6.07) is 20.0. The Morgan fingerprint density at radius 2 is 1.66 bits per heavy atom. The molecular formula is C29H35NO2. The van der Waals surface area contributed by atoms with E-state index in [0.29, 0.717) is 24.5 Å². The number of carbonyl (C=O) groups excluding carboxylic acids is 1. The van der Waals surface area contributed by atoms with Gasteiger partial charge in [0.1, 0.15) is 11.5 Å². The molecule has 0 saturated heterocycles. The van der Waals surface area contributed by atoms with Gasteiger partial charge >= 0.3 is 0 Å². The third kappa shape index (κ3) is 5.07. The van der Waals surface area contributed by atoms with Crippen molar-refractivity contribution in [3.8, 4) is 22.9 Å². The molecule has 2 saturated carbocycles. The highest BCUT2D eigenvalue weighted by Gasteiger charge is 2.43. The van der Waals surface area contributed by atoms with Gasteiger partial charge in [0.2, 0.25) is 0 Å². The van der Waals surface area contributed by atoms with E-state index in [1.807, 2.05) is 0 Å². The minimum absolute atomic E-state index is 0.269. The molecule has 0 aromatic heterocycles. The summed E-state index contributed by atoms with van der Waals surface area (Å²) < 4.78 is 5.77. The Balaban J connectivity index is 1.37. The summed E-state index contributed by atoms with van der Waals surface area (Å²) >= 11 is 0. The highest BCUT2D eigenvalue weighted by Crippen LogP contribution is 2.50. The second-order valence-electron chi connectivity index (χ2n) is 9.72. The number of ether oxygens (including phenoxy) is 1. The third-order valence-corrected chi connectivity index (χ3v) is 7.70. The molecule has 2 aromatic carbocycles. The maximum atomic E-state index is 12.0. The summed E-state index contributed by atoms with van der Waals surface area (Å²) in [5, 5.41) is 10.0. The van der Waals surface area contributed by atoms with Crippen LogP contribution in [0.25, 0.3) is 11.1 Å². The van der Waals surface area contributed by atoms with Crippen molar-refractivity contribution in [3.05, 3.63) is 54.1 Å². The molecule has 32 heavy (non-hydrogen) atoms. The van der Waals surface area contributed by atoms with Crippen LogP contribution in [0.5, 0.6) is 5.75 Å². The van der Waals surface area contributed by atoms with Crippen LogP contribution in [0, 0.1) is 22.7 Å². The lowest BCUT2D eigenvalue weighted by atomic mass is 9.60. The van der Waals surface area contributed by atoms with Gasteiger partial charge in [0, 0.05) is 12.8 Å². The summed E-state index contributed by atoms with van der Waals surface area (Å²) in [5.41, 5.74) is 3.51. The average Bonchev–Trinajstić information content (AvgIpc) is 2.85. The van der Waals surface area contributed by atoms with E-state index in [2.05, 4.69) is 61.5 Å². The number of nitriles is 1. The molecule has 0 bridgehead atoms. The quantitative estimate of drug-likeness (QED) is 0.429. The molecule has 3 nitrogen and oxygen atoms in total. The molecule has 2 aromatic rings. The maximum Gasteiger partial charge on any atom is 0.133 e. The fraction of sp³-hybridized carbons (Fsp3) is 0.517. The molecule has 2 fully saturated rings. The van der Waals surface area contributed by atoms with Crippen LogP contribution in [0.3, 0.4) is 0 Å². The Hall–Kier alpha value is -2.60. The fourth-order valence-electron chi connectivity index (χ4n) is 5.60. The second-order valence-corrected chi connectivity index (χ2v) is 9.72. The number of hydrogen-bond acceptors (Lipinski definition) is 3. The van der Waals surface area contributed by atoms with Crippen molar-refractivity contribution in [1.82, 2.24) is 0 Å². The second kappa shape index (κ2) is 10.3. The van der Waals surface area contributed by atoms with Crippen LogP contribution < -0.4 is 4.74 Å². The lowest BCUT2D eigenvalue weighted by Crippen LogP contribution is -2.36. The van der Waals surface area contributed by atoms with Gasteiger partial charge in [-0.05, 0) is 85.6 Å². The van der Waals surface area contributed by atoms with Crippen molar-refractivity contribution in [3.63, 3.8) is 0 Å². The van der Waals surface area contributed by atoms with Gasteiger partial charge < -0.3 is 4.74 Å². The van der Waals surface area contributed by atoms with Gasteiger partial charge in [-0.1, -0.05) is 49.7 Å². The van der Waals surface area contributed by atoms with Crippen LogP contribution in [0.15, 0.2) is 48.5 Å². The summed E-state index contributed by atoms with van der Waals surface area (Å²) in [6.07, 6.45) is 9.49. The van der Waals surface area contributed by atoms with E-state index in [1.165, 1.54) is 16.7 Å². The molecule has 1 atom stereocenters. The number of benzene rings is 2. The topological polar surface area (TPSA) is 50.1 Å². The number of rotatable bonds is 7. The van der Waals surface area contributed by atoms with Crippen LogP contribution in [-0.4, -0.2) is 12.4 Å². The van der Waals surface area contributed by atoms with Crippen molar-refractivity contribution < 1.29 is 9.53 Å². The first-order valence-electron chi connectivity index (χ1n) is 12.4. The Bertz CT molecular complexity index is 931.